The Balaban J connectivity index is 1.51. The van der Waals surface area contributed by atoms with Crippen molar-refractivity contribution >= 4 is 54.3 Å². The molecule has 0 spiro atoms. The van der Waals surface area contributed by atoms with Crippen LogP contribution in [0.4, 0.5) is 17.1 Å². The molecule has 0 N–H and O–H groups in total. The van der Waals surface area contributed by atoms with Crippen LogP contribution in [0.15, 0.2) is 72.8 Å². The van der Waals surface area contributed by atoms with E-state index in [-0.39, 0.29) is 0 Å². The van der Waals surface area contributed by atoms with Crippen LogP contribution in [-0.2, 0) is 6.42 Å². The Labute approximate surface area is 216 Å². The van der Waals surface area contributed by atoms with Crippen LogP contribution in [-0.4, -0.2) is 13.3 Å². The molecular weight excluding hydrogens is 519 g/mol. The van der Waals surface area contributed by atoms with Crippen LogP contribution in [0.1, 0.15) is 24.5 Å². The zero-order valence-electron chi connectivity index (χ0n) is 20.2. The summed E-state index contributed by atoms with van der Waals surface area (Å²) >= 11 is -3.27. The summed E-state index contributed by atoms with van der Waals surface area (Å²) in [6.45, 7) is 2.33. The minimum absolute atomic E-state index is 0.895. The van der Waals surface area contributed by atoms with Gasteiger partial charge in [-0.25, -0.2) is 0 Å². The average molecular weight is 540 g/mol. The molecule has 0 aromatic heterocycles. The summed E-state index contributed by atoms with van der Waals surface area (Å²) in [4.78, 5) is 2.53. The molecule has 5 aromatic carbocycles. The van der Waals surface area contributed by atoms with Crippen LogP contribution in [0.3, 0.4) is 0 Å². The van der Waals surface area contributed by atoms with Gasteiger partial charge in [-0.3, -0.25) is 0 Å². The quantitative estimate of drug-likeness (QED) is 0.228. The first-order chi connectivity index (χ1) is 18.3. The topological polar surface area (TPSA) is 30.9 Å². The van der Waals surface area contributed by atoms with Crippen molar-refractivity contribution < 1.29 is 14.2 Å². The molecule has 176 valence electrons. The third kappa shape index (κ3) is 1.95. The molecule has 0 amide bonds. The molecule has 0 saturated heterocycles. The molecule has 10 rings (SSSR count). The Morgan fingerprint density at radius 2 is 1.35 bits per heavy atom. The van der Waals surface area contributed by atoms with Gasteiger partial charge in [-0.05, 0) is 0 Å². The van der Waals surface area contributed by atoms with Gasteiger partial charge in [0.2, 0.25) is 0 Å². The molecule has 5 aromatic rings. The number of nitrogens with zero attached hydrogens (tertiary/aromatic N) is 1. The van der Waals surface area contributed by atoms with Crippen molar-refractivity contribution in [3.8, 4) is 34.5 Å². The molecule has 5 heterocycles. The summed E-state index contributed by atoms with van der Waals surface area (Å²) in [5, 5.41) is 3.68. The zero-order valence-corrected chi connectivity index (χ0v) is 22.3. The maximum atomic E-state index is 6.95. The SMILES string of the molecule is CC[CH2][Ge]12[c]3c4cccc3Oc3[c]1c1c(c5ccccc35)Cc3cccc5c3N1c1c(ccc([c]12)O4)O5. The van der Waals surface area contributed by atoms with Gasteiger partial charge in [0.05, 0.1) is 0 Å². The van der Waals surface area contributed by atoms with Crippen molar-refractivity contribution in [3.05, 3.63) is 83.9 Å². The van der Waals surface area contributed by atoms with Gasteiger partial charge in [-0.15, -0.1) is 0 Å². The first kappa shape index (κ1) is 19.2. The zero-order chi connectivity index (χ0) is 24.0. The standard InChI is InChI=1S/C32H21GeNO3/c1-2-15-33-26-21-10-6-11-22(26)37-32-19-9-4-3-8-18(19)20-16-17-7-5-12-24-29(17)34(30(20)28(32)33)31-25(36-24)14-13-23(35-21)27(31)33/h3-14H,2,15-16H2,1H3. The molecule has 37 heavy (non-hydrogen) atoms. The van der Waals surface area contributed by atoms with Gasteiger partial charge >= 0.3 is 217 Å². The van der Waals surface area contributed by atoms with E-state index in [1.807, 2.05) is 0 Å². The summed E-state index contributed by atoms with van der Waals surface area (Å²) in [5.41, 5.74) is 6.48. The fourth-order valence-corrected chi connectivity index (χ4v) is 20.1. The van der Waals surface area contributed by atoms with Gasteiger partial charge in [0, 0.05) is 0 Å². The molecular formula is C32H21GeNO3. The number of benzene rings is 5. The first-order valence-corrected chi connectivity index (χ1v) is 17.8. The van der Waals surface area contributed by atoms with Crippen LogP contribution >= 0.6 is 0 Å². The fraction of sp³-hybridized carbons (Fsp3) is 0.125. The molecule has 0 fully saturated rings. The van der Waals surface area contributed by atoms with Gasteiger partial charge in [-0.1, -0.05) is 0 Å². The molecule has 0 bridgehead atoms. The molecule has 0 aliphatic carbocycles. The van der Waals surface area contributed by atoms with Crippen molar-refractivity contribution in [3.63, 3.8) is 0 Å². The second kappa shape index (κ2) is 6.14. The predicted octanol–water partition coefficient (Wildman–Crippen LogP) is 6.72. The predicted molar refractivity (Wildman–Crippen MR) is 148 cm³/mol. The average Bonchev–Trinajstić information content (AvgIpc) is 2.93. The maximum absolute atomic E-state index is 6.95. The summed E-state index contributed by atoms with van der Waals surface area (Å²) in [5.74, 6) is 5.90. The van der Waals surface area contributed by atoms with Crippen LogP contribution in [0.2, 0.25) is 5.25 Å². The van der Waals surface area contributed by atoms with Crippen LogP contribution in [0.25, 0.3) is 10.8 Å². The van der Waals surface area contributed by atoms with Crippen LogP contribution in [0.5, 0.6) is 34.5 Å². The van der Waals surface area contributed by atoms with E-state index in [0.29, 0.717) is 0 Å². The van der Waals surface area contributed by atoms with E-state index >= 15 is 0 Å². The van der Waals surface area contributed by atoms with E-state index in [2.05, 4.69) is 84.6 Å². The second-order valence-electron chi connectivity index (χ2n) is 10.7. The molecule has 1 atom stereocenters. The summed E-state index contributed by atoms with van der Waals surface area (Å²) < 4.78 is 24.5. The Bertz CT molecular complexity index is 1930. The monoisotopic (exact) mass is 541 g/mol. The fourth-order valence-electron chi connectivity index (χ4n) is 7.89. The van der Waals surface area contributed by atoms with E-state index in [1.165, 1.54) is 52.1 Å². The van der Waals surface area contributed by atoms with Crippen molar-refractivity contribution in [2.75, 3.05) is 4.90 Å². The second-order valence-corrected chi connectivity index (χ2v) is 18.7. The van der Waals surface area contributed by atoms with E-state index in [1.54, 1.807) is 0 Å². The first-order valence-electron chi connectivity index (χ1n) is 13.1. The van der Waals surface area contributed by atoms with E-state index in [9.17, 15) is 0 Å². The number of hydrogen-bond donors (Lipinski definition) is 0. The Hall–Kier alpha value is -3.90. The minimum atomic E-state index is -3.27. The molecule has 0 radical (unpaired) electrons. The molecule has 5 aliphatic rings. The number of fused-ring (bicyclic) bond motifs is 3. The van der Waals surface area contributed by atoms with Gasteiger partial charge in [0.1, 0.15) is 0 Å². The summed E-state index contributed by atoms with van der Waals surface area (Å²) in [6, 6.07) is 26.0. The van der Waals surface area contributed by atoms with Crippen molar-refractivity contribution in [2.45, 2.75) is 25.0 Å². The van der Waals surface area contributed by atoms with Gasteiger partial charge in [-0.2, -0.15) is 0 Å². The van der Waals surface area contributed by atoms with Gasteiger partial charge in [0.25, 0.3) is 0 Å². The Morgan fingerprint density at radius 1 is 0.649 bits per heavy atom. The van der Waals surface area contributed by atoms with Gasteiger partial charge < -0.3 is 0 Å². The number of ether oxygens (including phenoxy) is 3. The number of anilines is 3. The number of para-hydroxylation sites is 1. The summed E-state index contributed by atoms with van der Waals surface area (Å²) in [7, 11) is 0. The van der Waals surface area contributed by atoms with Crippen LogP contribution in [0, 0.1) is 0 Å². The molecule has 0 saturated carbocycles. The van der Waals surface area contributed by atoms with Crippen LogP contribution < -0.4 is 32.3 Å². The third-order valence-electron chi connectivity index (χ3n) is 9.01. The Morgan fingerprint density at radius 3 is 2.24 bits per heavy atom. The molecule has 4 nitrogen and oxygen atoms in total. The van der Waals surface area contributed by atoms with Gasteiger partial charge in [0.15, 0.2) is 0 Å². The number of rotatable bonds is 2. The van der Waals surface area contributed by atoms with E-state index in [4.69, 9.17) is 14.2 Å². The number of hydrogen-bond acceptors (Lipinski definition) is 4. The third-order valence-corrected chi connectivity index (χ3v) is 20.0. The Kier molecular flexibility index (Phi) is 3.20. The van der Waals surface area contributed by atoms with Crippen molar-refractivity contribution in [1.82, 2.24) is 0 Å². The normalized spacial score (nSPS) is 19.2. The molecule has 1 unspecified atom stereocenters. The van der Waals surface area contributed by atoms with Crippen molar-refractivity contribution in [1.29, 1.82) is 0 Å². The molecule has 5 heteroatoms. The van der Waals surface area contributed by atoms with E-state index < -0.39 is 13.3 Å². The molecule has 5 aliphatic heterocycles. The summed E-state index contributed by atoms with van der Waals surface area (Å²) in [6.07, 6.45) is 2.01. The van der Waals surface area contributed by atoms with E-state index in [0.717, 1.165) is 52.6 Å². The van der Waals surface area contributed by atoms with Crippen molar-refractivity contribution in [2.24, 2.45) is 0 Å².